The van der Waals surface area contributed by atoms with Gasteiger partial charge in [0.05, 0.1) is 5.56 Å². The molecule has 0 amide bonds. The van der Waals surface area contributed by atoms with Gasteiger partial charge in [0, 0.05) is 17.3 Å². The summed E-state index contributed by atoms with van der Waals surface area (Å²) in [6.07, 6.45) is 1.91. The zero-order valence-corrected chi connectivity index (χ0v) is 12.8. The van der Waals surface area contributed by atoms with Crippen LogP contribution < -0.4 is 5.73 Å². The van der Waals surface area contributed by atoms with Crippen LogP contribution in [-0.2, 0) is 0 Å². The molecular weight excluding hydrogens is 298 g/mol. The molecule has 5 nitrogen and oxygen atoms in total. The Balaban J connectivity index is 1.95. The molecule has 0 spiro atoms. The van der Waals surface area contributed by atoms with Gasteiger partial charge in [0.25, 0.3) is 0 Å². The summed E-state index contributed by atoms with van der Waals surface area (Å²) >= 11 is 0. The lowest BCUT2D eigenvalue weighted by Crippen LogP contribution is -2.13. The summed E-state index contributed by atoms with van der Waals surface area (Å²) in [6.45, 7) is 0. The first-order valence-electron chi connectivity index (χ1n) is 7.58. The lowest BCUT2D eigenvalue weighted by molar-refractivity contribution is 0.965. The number of nitrogens with zero attached hydrogens (tertiary/aromatic N) is 3. The van der Waals surface area contributed by atoms with Crippen LogP contribution in [0, 0.1) is 5.41 Å². The number of amidine groups is 1. The van der Waals surface area contributed by atoms with Gasteiger partial charge in [-0.3, -0.25) is 5.41 Å². The van der Waals surface area contributed by atoms with Crippen LogP contribution in [-0.4, -0.2) is 20.4 Å². The topological polar surface area (TPSA) is 80.1 Å². The minimum Gasteiger partial charge on any atom is -0.384 e. The Hall–Kier alpha value is -3.47. The molecule has 0 saturated heterocycles. The molecule has 0 aliphatic carbocycles. The second-order valence-corrected chi connectivity index (χ2v) is 5.49. The molecule has 0 aliphatic rings. The van der Waals surface area contributed by atoms with Crippen LogP contribution in [0.15, 0.2) is 72.9 Å². The second-order valence-electron chi connectivity index (χ2n) is 5.49. The van der Waals surface area contributed by atoms with E-state index in [9.17, 15) is 0 Å². The minimum atomic E-state index is -0.0233. The molecule has 24 heavy (non-hydrogen) atoms. The number of benzene rings is 2. The van der Waals surface area contributed by atoms with Gasteiger partial charge in [-0.15, -0.1) is 5.10 Å². The summed E-state index contributed by atoms with van der Waals surface area (Å²) in [4.78, 5) is 4.57. The molecule has 0 atom stereocenters. The van der Waals surface area contributed by atoms with Crippen molar-refractivity contribution in [3.8, 4) is 22.5 Å². The Morgan fingerprint density at radius 3 is 2.12 bits per heavy atom. The second kappa shape index (κ2) is 5.62. The summed E-state index contributed by atoms with van der Waals surface area (Å²) in [5.74, 6) is 0.591. The van der Waals surface area contributed by atoms with Gasteiger partial charge in [-0.2, -0.15) is 0 Å². The van der Waals surface area contributed by atoms with Crippen molar-refractivity contribution in [3.05, 3.63) is 78.5 Å². The Morgan fingerprint density at radius 2 is 1.50 bits per heavy atom. The van der Waals surface area contributed by atoms with Crippen LogP contribution in [0.2, 0.25) is 0 Å². The van der Waals surface area contributed by atoms with Crippen molar-refractivity contribution in [2.75, 3.05) is 0 Å². The number of hydrogen-bond acceptors (Lipinski definition) is 3. The molecule has 4 rings (SSSR count). The van der Waals surface area contributed by atoms with Gasteiger partial charge in [0.15, 0.2) is 11.5 Å². The largest absolute Gasteiger partial charge is 0.384 e. The van der Waals surface area contributed by atoms with E-state index in [4.69, 9.17) is 11.1 Å². The van der Waals surface area contributed by atoms with Crippen LogP contribution in [0.3, 0.4) is 0 Å². The Kier molecular flexibility index (Phi) is 3.31. The first-order valence-corrected chi connectivity index (χ1v) is 7.58. The Labute approximate surface area is 138 Å². The smallest absolute Gasteiger partial charge is 0.182 e. The van der Waals surface area contributed by atoms with E-state index in [2.05, 4.69) is 10.1 Å². The van der Waals surface area contributed by atoms with Gasteiger partial charge in [0.1, 0.15) is 5.84 Å². The molecule has 0 saturated carbocycles. The van der Waals surface area contributed by atoms with Gasteiger partial charge in [-0.05, 0) is 11.6 Å². The number of aromatic nitrogens is 3. The zero-order chi connectivity index (χ0) is 16.5. The van der Waals surface area contributed by atoms with Crippen molar-refractivity contribution in [3.63, 3.8) is 0 Å². The molecule has 2 aromatic carbocycles. The molecule has 2 aromatic heterocycles. The highest BCUT2D eigenvalue weighted by molar-refractivity contribution is 6.01. The zero-order valence-electron chi connectivity index (χ0n) is 12.8. The standard InChI is InChI=1S/C19H15N5/c20-17(21)16-11-15(13-7-3-1-4-8-13)12-24-19(16)22-18(23-24)14-9-5-2-6-10-14/h1-12H,(H3,20,21). The predicted molar refractivity (Wildman–Crippen MR) is 94.9 cm³/mol. The molecule has 4 aromatic rings. The van der Waals surface area contributed by atoms with Gasteiger partial charge in [-0.1, -0.05) is 60.7 Å². The fraction of sp³-hybridized carbons (Fsp3) is 0. The molecule has 5 heteroatoms. The maximum Gasteiger partial charge on any atom is 0.182 e. The molecular formula is C19H15N5. The van der Waals surface area contributed by atoms with Crippen LogP contribution in [0.25, 0.3) is 28.2 Å². The van der Waals surface area contributed by atoms with E-state index < -0.39 is 0 Å². The van der Waals surface area contributed by atoms with E-state index in [0.717, 1.165) is 16.7 Å². The molecule has 0 fully saturated rings. The number of nitrogens with one attached hydrogen (secondary N) is 1. The number of pyridine rings is 1. The van der Waals surface area contributed by atoms with Crippen molar-refractivity contribution in [2.45, 2.75) is 0 Å². The first-order chi connectivity index (χ1) is 11.7. The molecule has 3 N–H and O–H groups in total. The fourth-order valence-electron chi connectivity index (χ4n) is 2.68. The monoisotopic (exact) mass is 313 g/mol. The molecule has 0 radical (unpaired) electrons. The Morgan fingerprint density at radius 1 is 0.875 bits per heavy atom. The molecule has 2 heterocycles. The van der Waals surface area contributed by atoms with E-state index in [1.807, 2.05) is 72.9 Å². The predicted octanol–water partition coefficient (Wildman–Crippen LogP) is 3.35. The average Bonchev–Trinajstić information content (AvgIpc) is 3.06. The summed E-state index contributed by atoms with van der Waals surface area (Å²) in [7, 11) is 0. The summed E-state index contributed by atoms with van der Waals surface area (Å²) in [5, 5.41) is 12.5. The van der Waals surface area contributed by atoms with Gasteiger partial charge >= 0.3 is 0 Å². The Bertz CT molecular complexity index is 1020. The van der Waals surface area contributed by atoms with E-state index in [-0.39, 0.29) is 5.84 Å². The lowest BCUT2D eigenvalue weighted by atomic mass is 10.1. The van der Waals surface area contributed by atoms with E-state index in [1.54, 1.807) is 4.52 Å². The number of rotatable bonds is 3. The summed E-state index contributed by atoms with van der Waals surface area (Å²) in [6, 6.07) is 21.6. The first kappa shape index (κ1) is 14.1. The fourth-order valence-corrected chi connectivity index (χ4v) is 2.68. The van der Waals surface area contributed by atoms with E-state index in [1.165, 1.54) is 0 Å². The van der Waals surface area contributed by atoms with Crippen LogP contribution in [0.1, 0.15) is 5.56 Å². The van der Waals surface area contributed by atoms with Crippen LogP contribution in [0.4, 0.5) is 0 Å². The third-order valence-corrected chi connectivity index (χ3v) is 3.86. The van der Waals surface area contributed by atoms with Crippen molar-refractivity contribution in [2.24, 2.45) is 5.73 Å². The van der Waals surface area contributed by atoms with Crippen molar-refractivity contribution < 1.29 is 0 Å². The van der Waals surface area contributed by atoms with Gasteiger partial charge in [0.2, 0.25) is 0 Å². The van der Waals surface area contributed by atoms with E-state index >= 15 is 0 Å². The number of nitrogens with two attached hydrogens (primary N) is 1. The van der Waals surface area contributed by atoms with Crippen molar-refractivity contribution in [1.29, 1.82) is 5.41 Å². The van der Waals surface area contributed by atoms with Crippen molar-refractivity contribution in [1.82, 2.24) is 14.6 Å². The lowest BCUT2D eigenvalue weighted by Gasteiger charge is -2.06. The maximum absolute atomic E-state index is 7.89. The van der Waals surface area contributed by atoms with Gasteiger partial charge < -0.3 is 5.73 Å². The maximum atomic E-state index is 7.89. The number of fused-ring (bicyclic) bond motifs is 1. The third-order valence-electron chi connectivity index (χ3n) is 3.86. The number of nitrogen functional groups attached to an aromatic ring is 1. The quantitative estimate of drug-likeness (QED) is 0.449. The van der Waals surface area contributed by atoms with Crippen LogP contribution in [0.5, 0.6) is 0 Å². The third kappa shape index (κ3) is 2.42. The van der Waals surface area contributed by atoms with E-state index in [0.29, 0.717) is 17.0 Å². The van der Waals surface area contributed by atoms with Gasteiger partial charge in [-0.25, -0.2) is 9.50 Å². The molecule has 0 aliphatic heterocycles. The van der Waals surface area contributed by atoms with Crippen molar-refractivity contribution >= 4 is 11.5 Å². The minimum absolute atomic E-state index is 0.0233. The SMILES string of the molecule is N=C(N)c1cc(-c2ccccc2)cn2nc(-c3ccccc3)nc12. The summed E-state index contributed by atoms with van der Waals surface area (Å²) in [5.41, 5.74) is 9.85. The normalized spacial score (nSPS) is 10.8. The number of hydrogen-bond donors (Lipinski definition) is 2. The molecule has 116 valence electrons. The average molecular weight is 313 g/mol. The highest BCUT2D eigenvalue weighted by Gasteiger charge is 2.14. The molecule has 0 unspecified atom stereocenters. The molecule has 0 bridgehead atoms. The summed E-state index contributed by atoms with van der Waals surface area (Å²) < 4.78 is 1.70. The highest BCUT2D eigenvalue weighted by Crippen LogP contribution is 2.24. The van der Waals surface area contributed by atoms with Crippen LogP contribution >= 0.6 is 0 Å². The highest BCUT2D eigenvalue weighted by atomic mass is 15.3.